The summed E-state index contributed by atoms with van der Waals surface area (Å²) in [7, 11) is 2.00. The van der Waals surface area contributed by atoms with Gasteiger partial charge < -0.3 is 9.64 Å². The summed E-state index contributed by atoms with van der Waals surface area (Å²) >= 11 is 0. The van der Waals surface area contributed by atoms with Crippen molar-refractivity contribution in [3.8, 4) is 0 Å². The van der Waals surface area contributed by atoms with Gasteiger partial charge in [-0.2, -0.15) is 0 Å². The molecule has 4 nitrogen and oxygen atoms in total. The summed E-state index contributed by atoms with van der Waals surface area (Å²) in [5.74, 6) is 0.0239. The van der Waals surface area contributed by atoms with Gasteiger partial charge in [0.1, 0.15) is 6.10 Å². The number of carbonyl (C=O) groups excluding carboxylic acids is 1. The zero-order valence-corrected chi connectivity index (χ0v) is 10.9. The first-order valence-electron chi connectivity index (χ1n) is 6.44. The molecule has 4 heteroatoms. The maximum absolute atomic E-state index is 12.6. The zero-order valence-electron chi connectivity index (χ0n) is 10.9. The first kappa shape index (κ1) is 12.3. The first-order chi connectivity index (χ1) is 9.25. The molecule has 2 heterocycles. The van der Waals surface area contributed by atoms with Crippen molar-refractivity contribution in [2.45, 2.75) is 6.10 Å². The highest BCUT2D eigenvalue weighted by molar-refractivity contribution is 6.08. The Morgan fingerprint density at radius 1 is 1.37 bits per heavy atom. The van der Waals surface area contributed by atoms with Gasteiger partial charge >= 0.3 is 0 Å². The van der Waals surface area contributed by atoms with Crippen LogP contribution in [0.25, 0.3) is 10.9 Å². The van der Waals surface area contributed by atoms with Crippen LogP contribution in [0, 0.1) is 0 Å². The van der Waals surface area contributed by atoms with Crippen molar-refractivity contribution < 1.29 is 9.53 Å². The number of benzene rings is 1. The number of hydrogen-bond acceptors (Lipinski definition) is 4. The minimum Gasteiger partial charge on any atom is -0.367 e. The van der Waals surface area contributed by atoms with Crippen molar-refractivity contribution in [1.29, 1.82) is 0 Å². The molecule has 2 aromatic rings. The van der Waals surface area contributed by atoms with Crippen LogP contribution in [0.4, 0.5) is 0 Å². The Bertz CT molecular complexity index is 607. The van der Waals surface area contributed by atoms with Gasteiger partial charge in [0.15, 0.2) is 5.78 Å². The molecule has 3 rings (SSSR count). The Labute approximate surface area is 112 Å². The summed E-state index contributed by atoms with van der Waals surface area (Å²) < 4.78 is 5.59. The van der Waals surface area contributed by atoms with Gasteiger partial charge in [-0.3, -0.25) is 9.78 Å². The molecule has 1 aliphatic heterocycles. The maximum Gasteiger partial charge on any atom is 0.195 e. The van der Waals surface area contributed by atoms with Crippen LogP contribution in [0.1, 0.15) is 10.4 Å². The molecule has 0 aliphatic carbocycles. The van der Waals surface area contributed by atoms with E-state index >= 15 is 0 Å². The standard InChI is InChI=1S/C15H16N2O2/c1-17-8-9-19-13(10-17)15(18)12-6-2-4-11-5-3-7-16-14(11)12/h2-7,13H,8-10H2,1H3. The Balaban J connectivity index is 1.97. The molecule has 1 unspecified atom stereocenters. The number of nitrogens with zero attached hydrogens (tertiary/aromatic N) is 2. The lowest BCUT2D eigenvalue weighted by Gasteiger charge is -2.29. The van der Waals surface area contributed by atoms with Crippen molar-refractivity contribution in [3.05, 3.63) is 42.1 Å². The molecule has 0 radical (unpaired) electrons. The lowest BCUT2D eigenvalue weighted by Crippen LogP contribution is -2.44. The number of fused-ring (bicyclic) bond motifs is 1. The summed E-state index contributed by atoms with van der Waals surface area (Å²) in [6.07, 6.45) is 1.33. The summed E-state index contributed by atoms with van der Waals surface area (Å²) in [6.45, 7) is 2.12. The molecule has 1 aliphatic rings. The minimum atomic E-state index is -0.383. The van der Waals surface area contributed by atoms with Crippen LogP contribution in [-0.2, 0) is 4.74 Å². The lowest BCUT2D eigenvalue weighted by atomic mass is 10.0. The molecule has 1 saturated heterocycles. The van der Waals surface area contributed by atoms with E-state index in [-0.39, 0.29) is 11.9 Å². The second-order valence-corrected chi connectivity index (χ2v) is 4.87. The largest absolute Gasteiger partial charge is 0.367 e. The molecule has 0 spiro atoms. The lowest BCUT2D eigenvalue weighted by molar-refractivity contribution is -0.00853. The third-order valence-electron chi connectivity index (χ3n) is 3.46. The van der Waals surface area contributed by atoms with Gasteiger partial charge in [-0.25, -0.2) is 0 Å². The fourth-order valence-corrected chi connectivity index (χ4v) is 2.41. The summed E-state index contributed by atoms with van der Waals surface area (Å²) in [6, 6.07) is 9.53. The number of aromatic nitrogens is 1. The second kappa shape index (κ2) is 5.07. The fourth-order valence-electron chi connectivity index (χ4n) is 2.41. The number of likely N-dealkylation sites (N-methyl/N-ethyl adjacent to an activating group) is 1. The highest BCUT2D eigenvalue weighted by Crippen LogP contribution is 2.19. The molecule has 1 aromatic carbocycles. The SMILES string of the molecule is CN1CCOC(C(=O)c2cccc3cccnc23)C1. The number of hydrogen-bond donors (Lipinski definition) is 0. The van der Waals surface area contributed by atoms with E-state index in [0.717, 1.165) is 17.4 Å². The summed E-state index contributed by atoms with van der Waals surface area (Å²) in [5, 5.41) is 0.984. The van der Waals surface area contributed by atoms with Gasteiger partial charge in [0.25, 0.3) is 0 Å². The number of pyridine rings is 1. The van der Waals surface area contributed by atoms with E-state index in [2.05, 4.69) is 9.88 Å². The molecule has 1 aromatic heterocycles. The predicted molar refractivity (Wildman–Crippen MR) is 73.3 cm³/mol. The summed E-state index contributed by atoms with van der Waals surface area (Å²) in [4.78, 5) is 19.0. The number of ketones is 1. The highest BCUT2D eigenvalue weighted by Gasteiger charge is 2.27. The minimum absolute atomic E-state index is 0.0239. The smallest absolute Gasteiger partial charge is 0.195 e. The van der Waals surface area contributed by atoms with Crippen LogP contribution in [0.2, 0.25) is 0 Å². The molecule has 0 amide bonds. The fraction of sp³-hybridized carbons (Fsp3) is 0.333. The average molecular weight is 256 g/mol. The Hall–Kier alpha value is -1.78. The number of rotatable bonds is 2. The van der Waals surface area contributed by atoms with Crippen LogP contribution in [-0.4, -0.2) is 48.5 Å². The van der Waals surface area contributed by atoms with Crippen molar-refractivity contribution in [2.24, 2.45) is 0 Å². The Kier molecular flexibility index (Phi) is 3.27. The first-order valence-corrected chi connectivity index (χ1v) is 6.44. The van der Waals surface area contributed by atoms with E-state index in [1.54, 1.807) is 6.20 Å². The van der Waals surface area contributed by atoms with E-state index in [1.165, 1.54) is 0 Å². The quantitative estimate of drug-likeness (QED) is 0.768. The molecule has 19 heavy (non-hydrogen) atoms. The van der Waals surface area contributed by atoms with Crippen LogP contribution in [0.3, 0.4) is 0 Å². The van der Waals surface area contributed by atoms with E-state index < -0.39 is 0 Å². The van der Waals surface area contributed by atoms with Gasteiger partial charge in [-0.1, -0.05) is 18.2 Å². The topological polar surface area (TPSA) is 42.4 Å². The Morgan fingerprint density at radius 2 is 2.21 bits per heavy atom. The van der Waals surface area contributed by atoms with Gasteiger partial charge in [0, 0.05) is 30.2 Å². The molecule has 1 fully saturated rings. The molecule has 0 N–H and O–H groups in total. The third kappa shape index (κ3) is 2.37. The highest BCUT2D eigenvalue weighted by atomic mass is 16.5. The van der Waals surface area contributed by atoms with E-state index in [9.17, 15) is 4.79 Å². The molecule has 0 saturated carbocycles. The van der Waals surface area contributed by atoms with Crippen LogP contribution < -0.4 is 0 Å². The van der Waals surface area contributed by atoms with Gasteiger partial charge in [0.05, 0.1) is 12.1 Å². The number of para-hydroxylation sites is 1. The van der Waals surface area contributed by atoms with Crippen molar-refractivity contribution in [3.63, 3.8) is 0 Å². The molecule has 98 valence electrons. The van der Waals surface area contributed by atoms with Crippen molar-refractivity contribution >= 4 is 16.7 Å². The average Bonchev–Trinajstić information content (AvgIpc) is 2.46. The molecular weight excluding hydrogens is 240 g/mol. The number of ether oxygens (including phenoxy) is 1. The third-order valence-corrected chi connectivity index (χ3v) is 3.46. The molecule has 0 bridgehead atoms. The van der Waals surface area contributed by atoms with Gasteiger partial charge in [-0.15, -0.1) is 0 Å². The second-order valence-electron chi connectivity index (χ2n) is 4.87. The Morgan fingerprint density at radius 3 is 3.05 bits per heavy atom. The van der Waals surface area contributed by atoms with Crippen LogP contribution in [0.15, 0.2) is 36.5 Å². The monoisotopic (exact) mass is 256 g/mol. The van der Waals surface area contributed by atoms with Crippen molar-refractivity contribution in [1.82, 2.24) is 9.88 Å². The van der Waals surface area contributed by atoms with E-state index in [4.69, 9.17) is 4.74 Å². The van der Waals surface area contributed by atoms with Gasteiger partial charge in [0.2, 0.25) is 0 Å². The van der Waals surface area contributed by atoms with Crippen LogP contribution >= 0.6 is 0 Å². The molecule has 1 atom stereocenters. The normalized spacial score (nSPS) is 20.6. The molecular formula is C15H16N2O2. The van der Waals surface area contributed by atoms with Crippen LogP contribution in [0.5, 0.6) is 0 Å². The maximum atomic E-state index is 12.6. The van der Waals surface area contributed by atoms with E-state index in [0.29, 0.717) is 18.7 Å². The van der Waals surface area contributed by atoms with Crippen molar-refractivity contribution in [2.75, 3.05) is 26.7 Å². The van der Waals surface area contributed by atoms with Gasteiger partial charge in [-0.05, 0) is 19.2 Å². The number of carbonyl (C=O) groups is 1. The summed E-state index contributed by atoms with van der Waals surface area (Å²) in [5.41, 5.74) is 1.41. The zero-order chi connectivity index (χ0) is 13.2. The van der Waals surface area contributed by atoms with E-state index in [1.807, 2.05) is 37.4 Å². The number of Topliss-reactive ketones (excluding diaryl/α,β-unsaturated/α-hetero) is 1. The predicted octanol–water partition coefficient (Wildman–Crippen LogP) is 1.75. The number of morpholine rings is 1.